The van der Waals surface area contributed by atoms with Crippen LogP contribution in [0.25, 0.3) is 0 Å². The number of ether oxygens (including phenoxy) is 1. The van der Waals surface area contributed by atoms with Crippen LogP contribution in [0, 0.1) is 11.8 Å². The van der Waals surface area contributed by atoms with Crippen molar-refractivity contribution in [3.63, 3.8) is 0 Å². The molecule has 52 valence electrons. The van der Waals surface area contributed by atoms with Crippen molar-refractivity contribution in [2.75, 3.05) is 26.8 Å². The maximum Gasteiger partial charge on any atom is 0.107 e. The monoisotopic (exact) mass is 127 g/mol. The van der Waals surface area contributed by atoms with E-state index in [0.717, 1.165) is 13.1 Å². The molecule has 0 aliphatic rings. The summed E-state index contributed by atoms with van der Waals surface area (Å²) in [5.74, 6) is 5.74. The minimum atomic E-state index is 0.533. The molecular weight excluding hydrogens is 114 g/mol. The number of methoxy groups -OCH3 is 1. The Morgan fingerprint density at radius 3 is 2.78 bits per heavy atom. The lowest BCUT2D eigenvalue weighted by atomic mass is 10.5. The van der Waals surface area contributed by atoms with Crippen molar-refractivity contribution in [3.8, 4) is 11.8 Å². The summed E-state index contributed by atoms with van der Waals surface area (Å²) in [6.07, 6.45) is 0. The zero-order chi connectivity index (χ0) is 6.95. The molecule has 0 aromatic heterocycles. The largest absolute Gasteiger partial charge is 0.372 e. The Hall–Kier alpha value is -0.520. The van der Waals surface area contributed by atoms with Gasteiger partial charge in [-0.2, -0.15) is 0 Å². The van der Waals surface area contributed by atoms with Gasteiger partial charge in [0.05, 0.1) is 6.54 Å². The summed E-state index contributed by atoms with van der Waals surface area (Å²) < 4.78 is 4.72. The van der Waals surface area contributed by atoms with E-state index in [0.29, 0.717) is 6.61 Å². The van der Waals surface area contributed by atoms with Crippen LogP contribution in [-0.4, -0.2) is 26.8 Å². The smallest absolute Gasteiger partial charge is 0.107 e. The molecule has 1 N–H and O–H groups in total. The molecule has 0 atom stereocenters. The van der Waals surface area contributed by atoms with Crippen LogP contribution in [0.5, 0.6) is 0 Å². The van der Waals surface area contributed by atoms with Gasteiger partial charge in [0.1, 0.15) is 6.61 Å². The van der Waals surface area contributed by atoms with Gasteiger partial charge in [-0.1, -0.05) is 18.8 Å². The topological polar surface area (TPSA) is 21.3 Å². The maximum absolute atomic E-state index is 4.72. The van der Waals surface area contributed by atoms with E-state index in [9.17, 15) is 0 Å². The molecule has 0 heterocycles. The molecule has 0 aromatic rings. The van der Waals surface area contributed by atoms with E-state index in [1.165, 1.54) is 0 Å². The zero-order valence-corrected chi connectivity index (χ0v) is 6.03. The van der Waals surface area contributed by atoms with Crippen LogP contribution in [0.1, 0.15) is 6.92 Å². The fourth-order valence-electron chi connectivity index (χ4n) is 0.373. The van der Waals surface area contributed by atoms with Gasteiger partial charge < -0.3 is 10.1 Å². The molecule has 0 fully saturated rings. The third-order valence-corrected chi connectivity index (χ3v) is 0.805. The second-order valence-corrected chi connectivity index (χ2v) is 1.57. The maximum atomic E-state index is 4.72. The summed E-state index contributed by atoms with van der Waals surface area (Å²) in [5, 5.41) is 3.08. The Morgan fingerprint density at radius 2 is 2.22 bits per heavy atom. The Morgan fingerprint density at radius 1 is 1.44 bits per heavy atom. The summed E-state index contributed by atoms with van der Waals surface area (Å²) in [6.45, 7) is 4.32. The first-order valence-electron chi connectivity index (χ1n) is 3.07. The molecule has 0 bridgehead atoms. The van der Waals surface area contributed by atoms with Gasteiger partial charge in [-0.15, -0.1) is 0 Å². The first kappa shape index (κ1) is 8.48. The Balaban J connectivity index is 2.96. The van der Waals surface area contributed by atoms with Gasteiger partial charge in [0.15, 0.2) is 0 Å². The summed E-state index contributed by atoms with van der Waals surface area (Å²) in [7, 11) is 1.64. The Bertz CT molecular complexity index is 101. The van der Waals surface area contributed by atoms with Crippen molar-refractivity contribution in [1.29, 1.82) is 0 Å². The van der Waals surface area contributed by atoms with Gasteiger partial charge in [0, 0.05) is 7.11 Å². The second-order valence-electron chi connectivity index (χ2n) is 1.57. The first-order chi connectivity index (χ1) is 4.41. The summed E-state index contributed by atoms with van der Waals surface area (Å²) in [4.78, 5) is 0. The highest BCUT2D eigenvalue weighted by molar-refractivity contribution is 5.00. The predicted octanol–water partition coefficient (Wildman–Crippen LogP) is 0.246. The molecule has 0 saturated heterocycles. The molecule has 0 spiro atoms. The van der Waals surface area contributed by atoms with Crippen molar-refractivity contribution in [2.24, 2.45) is 0 Å². The van der Waals surface area contributed by atoms with E-state index in [1.54, 1.807) is 7.11 Å². The van der Waals surface area contributed by atoms with E-state index in [2.05, 4.69) is 24.1 Å². The number of rotatable bonds is 3. The molecule has 0 saturated carbocycles. The molecule has 0 aliphatic carbocycles. The van der Waals surface area contributed by atoms with E-state index < -0.39 is 0 Å². The normalized spacial score (nSPS) is 8.22. The van der Waals surface area contributed by atoms with Crippen LogP contribution in [-0.2, 0) is 4.74 Å². The van der Waals surface area contributed by atoms with E-state index in [-0.39, 0.29) is 0 Å². The third kappa shape index (κ3) is 7.48. The van der Waals surface area contributed by atoms with Crippen LogP contribution >= 0.6 is 0 Å². The minimum absolute atomic E-state index is 0.533. The molecule has 0 radical (unpaired) electrons. The quantitative estimate of drug-likeness (QED) is 0.433. The minimum Gasteiger partial charge on any atom is -0.372 e. The zero-order valence-electron chi connectivity index (χ0n) is 6.03. The number of nitrogens with one attached hydrogen (secondary N) is 1. The number of hydrogen-bond acceptors (Lipinski definition) is 2. The molecule has 0 rings (SSSR count). The van der Waals surface area contributed by atoms with Crippen LogP contribution in [0.3, 0.4) is 0 Å². The van der Waals surface area contributed by atoms with Crippen LogP contribution in [0.2, 0.25) is 0 Å². The van der Waals surface area contributed by atoms with Crippen molar-refractivity contribution < 1.29 is 4.74 Å². The second kappa shape index (κ2) is 7.48. The highest BCUT2D eigenvalue weighted by Crippen LogP contribution is 1.60. The average Bonchev–Trinajstić information content (AvgIpc) is 1.89. The standard InChI is InChI=1S/C7H13NO/c1-3-8-6-4-5-7-9-2/h8H,3,6-7H2,1-2H3. The molecule has 9 heavy (non-hydrogen) atoms. The van der Waals surface area contributed by atoms with Gasteiger partial charge >= 0.3 is 0 Å². The average molecular weight is 127 g/mol. The van der Waals surface area contributed by atoms with Crippen LogP contribution < -0.4 is 5.32 Å². The first-order valence-corrected chi connectivity index (χ1v) is 3.07. The predicted molar refractivity (Wildman–Crippen MR) is 38.2 cm³/mol. The summed E-state index contributed by atoms with van der Waals surface area (Å²) in [6, 6.07) is 0. The Kier molecular flexibility index (Phi) is 7.05. The fraction of sp³-hybridized carbons (Fsp3) is 0.714. The van der Waals surface area contributed by atoms with Crippen LogP contribution in [0.4, 0.5) is 0 Å². The van der Waals surface area contributed by atoms with Gasteiger partial charge in [0.25, 0.3) is 0 Å². The fourth-order valence-corrected chi connectivity index (χ4v) is 0.373. The van der Waals surface area contributed by atoms with Gasteiger partial charge in [-0.3, -0.25) is 0 Å². The summed E-state index contributed by atoms with van der Waals surface area (Å²) in [5.41, 5.74) is 0. The molecular formula is C7H13NO. The van der Waals surface area contributed by atoms with E-state index >= 15 is 0 Å². The highest BCUT2D eigenvalue weighted by Gasteiger charge is 1.71. The van der Waals surface area contributed by atoms with E-state index in [4.69, 9.17) is 4.74 Å². The molecule has 2 heteroatoms. The third-order valence-electron chi connectivity index (χ3n) is 0.805. The number of hydrogen-bond donors (Lipinski definition) is 1. The molecule has 2 nitrogen and oxygen atoms in total. The van der Waals surface area contributed by atoms with Gasteiger partial charge in [-0.05, 0) is 6.54 Å². The lowest BCUT2D eigenvalue weighted by molar-refractivity contribution is 0.239. The van der Waals surface area contributed by atoms with Crippen molar-refractivity contribution in [2.45, 2.75) is 6.92 Å². The highest BCUT2D eigenvalue weighted by atomic mass is 16.5. The molecule has 0 unspecified atom stereocenters. The molecule has 0 amide bonds. The molecule has 0 aromatic carbocycles. The van der Waals surface area contributed by atoms with E-state index in [1.807, 2.05) is 0 Å². The van der Waals surface area contributed by atoms with Gasteiger partial charge in [0.2, 0.25) is 0 Å². The van der Waals surface area contributed by atoms with Crippen molar-refractivity contribution >= 4 is 0 Å². The lowest BCUT2D eigenvalue weighted by Gasteiger charge is -1.88. The van der Waals surface area contributed by atoms with Crippen molar-refractivity contribution in [1.82, 2.24) is 5.32 Å². The van der Waals surface area contributed by atoms with Crippen molar-refractivity contribution in [3.05, 3.63) is 0 Å². The Labute approximate surface area is 56.6 Å². The SMILES string of the molecule is CCNCC#CCOC. The summed E-state index contributed by atoms with van der Waals surface area (Å²) >= 11 is 0. The van der Waals surface area contributed by atoms with Crippen LogP contribution in [0.15, 0.2) is 0 Å². The van der Waals surface area contributed by atoms with Gasteiger partial charge in [-0.25, -0.2) is 0 Å². The lowest BCUT2D eigenvalue weighted by Crippen LogP contribution is -2.12. The molecule has 0 aliphatic heterocycles.